The van der Waals surface area contributed by atoms with Gasteiger partial charge < -0.3 is 5.11 Å². The van der Waals surface area contributed by atoms with Gasteiger partial charge in [-0.25, -0.2) is 0 Å². The van der Waals surface area contributed by atoms with Crippen LogP contribution in [0.15, 0.2) is 0 Å². The van der Waals surface area contributed by atoms with Crippen molar-refractivity contribution in [3.63, 3.8) is 0 Å². The van der Waals surface area contributed by atoms with Gasteiger partial charge in [-0.3, -0.25) is 4.90 Å². The molecule has 2 rings (SSSR count). The second-order valence-electron chi connectivity index (χ2n) is 5.74. The molecule has 0 aromatic carbocycles. The minimum Gasteiger partial charge on any atom is -0.394 e. The maximum Gasteiger partial charge on any atom is 0.0615 e. The summed E-state index contributed by atoms with van der Waals surface area (Å²) < 4.78 is 0. The van der Waals surface area contributed by atoms with Gasteiger partial charge in [-0.15, -0.1) is 0 Å². The summed E-state index contributed by atoms with van der Waals surface area (Å²) in [5, 5.41) is 9.38. The molecule has 1 N–H and O–H groups in total. The van der Waals surface area contributed by atoms with Gasteiger partial charge in [0.2, 0.25) is 0 Å². The van der Waals surface area contributed by atoms with E-state index in [9.17, 15) is 5.11 Å². The molecular weight excluding hydrogens is 186 g/mol. The van der Waals surface area contributed by atoms with Crippen LogP contribution in [-0.2, 0) is 0 Å². The lowest BCUT2D eigenvalue weighted by Gasteiger charge is -2.54. The highest BCUT2D eigenvalue weighted by molar-refractivity contribution is 5.10. The molecule has 1 aliphatic carbocycles. The van der Waals surface area contributed by atoms with E-state index in [4.69, 9.17) is 0 Å². The molecule has 1 aliphatic heterocycles. The van der Waals surface area contributed by atoms with Gasteiger partial charge in [-0.1, -0.05) is 26.7 Å². The Morgan fingerprint density at radius 3 is 1.93 bits per heavy atom. The lowest BCUT2D eigenvalue weighted by atomic mass is 9.72. The van der Waals surface area contributed by atoms with Crippen LogP contribution in [0.4, 0.5) is 0 Å². The number of rotatable bonds is 6. The Kier molecular flexibility index (Phi) is 3.09. The molecule has 1 saturated heterocycles. The van der Waals surface area contributed by atoms with Crippen molar-refractivity contribution in [3.8, 4) is 0 Å². The van der Waals surface area contributed by atoms with Crippen molar-refractivity contribution in [1.29, 1.82) is 0 Å². The molecule has 15 heavy (non-hydrogen) atoms. The predicted molar refractivity (Wildman–Crippen MR) is 62.9 cm³/mol. The van der Waals surface area contributed by atoms with E-state index in [1.165, 1.54) is 51.6 Å². The third kappa shape index (κ3) is 1.94. The van der Waals surface area contributed by atoms with E-state index in [-0.39, 0.29) is 5.54 Å². The molecule has 2 fully saturated rings. The monoisotopic (exact) mass is 211 g/mol. The van der Waals surface area contributed by atoms with Crippen LogP contribution in [0, 0.1) is 5.41 Å². The fraction of sp³-hybridized carbons (Fsp3) is 1.00. The Bertz CT molecular complexity index is 209. The zero-order valence-electron chi connectivity index (χ0n) is 10.3. The van der Waals surface area contributed by atoms with Crippen molar-refractivity contribution in [2.24, 2.45) is 5.41 Å². The molecule has 88 valence electrons. The normalized spacial score (nSPS) is 27.4. The average molecular weight is 211 g/mol. The van der Waals surface area contributed by atoms with E-state index in [0.717, 1.165) is 0 Å². The second kappa shape index (κ2) is 4.06. The average Bonchev–Trinajstić information content (AvgIpc) is 2.94. The summed E-state index contributed by atoms with van der Waals surface area (Å²) >= 11 is 0. The minimum absolute atomic E-state index is 0.227. The van der Waals surface area contributed by atoms with Gasteiger partial charge in [0.15, 0.2) is 0 Å². The molecule has 1 heterocycles. The van der Waals surface area contributed by atoms with Crippen LogP contribution in [0.1, 0.15) is 52.4 Å². The first kappa shape index (κ1) is 11.4. The summed E-state index contributed by atoms with van der Waals surface area (Å²) in [7, 11) is 0. The van der Waals surface area contributed by atoms with Gasteiger partial charge in [0.05, 0.1) is 6.61 Å². The van der Waals surface area contributed by atoms with Gasteiger partial charge in [0.25, 0.3) is 0 Å². The van der Waals surface area contributed by atoms with E-state index in [1.54, 1.807) is 0 Å². The predicted octanol–water partition coefficient (Wildman–Crippen LogP) is 2.41. The molecule has 0 aromatic rings. The molecule has 0 aromatic heterocycles. The molecule has 0 bridgehead atoms. The van der Waals surface area contributed by atoms with Gasteiger partial charge in [0.1, 0.15) is 0 Å². The fourth-order valence-electron chi connectivity index (χ4n) is 3.32. The minimum atomic E-state index is 0.227. The van der Waals surface area contributed by atoms with Crippen molar-refractivity contribution in [2.75, 3.05) is 19.7 Å². The maximum absolute atomic E-state index is 9.38. The van der Waals surface area contributed by atoms with Gasteiger partial charge >= 0.3 is 0 Å². The number of nitrogens with zero attached hydrogens (tertiary/aromatic N) is 1. The Hall–Kier alpha value is -0.0800. The van der Waals surface area contributed by atoms with Crippen LogP contribution in [0.5, 0.6) is 0 Å². The number of aliphatic hydroxyl groups is 1. The number of hydrogen-bond acceptors (Lipinski definition) is 2. The molecule has 2 heteroatoms. The summed E-state index contributed by atoms with van der Waals surface area (Å²) in [6.45, 7) is 7.45. The quantitative estimate of drug-likeness (QED) is 0.729. The maximum atomic E-state index is 9.38. The molecule has 2 aliphatic rings. The number of aliphatic hydroxyl groups excluding tert-OH is 1. The van der Waals surface area contributed by atoms with E-state index < -0.39 is 0 Å². The summed E-state index contributed by atoms with van der Waals surface area (Å²) in [5.41, 5.74) is 0.833. The molecule has 0 amide bonds. The van der Waals surface area contributed by atoms with Crippen molar-refractivity contribution in [1.82, 2.24) is 4.90 Å². The van der Waals surface area contributed by atoms with Crippen molar-refractivity contribution in [2.45, 2.75) is 57.9 Å². The van der Waals surface area contributed by atoms with Gasteiger partial charge in [0, 0.05) is 18.6 Å². The summed E-state index contributed by atoms with van der Waals surface area (Å²) in [5.74, 6) is 0. The summed E-state index contributed by atoms with van der Waals surface area (Å²) in [6, 6.07) is 0. The molecular formula is C13H25NO. The smallest absolute Gasteiger partial charge is 0.0615 e. The first-order valence-electron chi connectivity index (χ1n) is 6.56. The highest BCUT2D eigenvalue weighted by Crippen LogP contribution is 2.51. The largest absolute Gasteiger partial charge is 0.394 e. The molecule has 0 unspecified atom stereocenters. The third-order valence-corrected chi connectivity index (χ3v) is 4.41. The fourth-order valence-corrected chi connectivity index (χ4v) is 3.32. The van der Waals surface area contributed by atoms with E-state index in [2.05, 4.69) is 18.7 Å². The van der Waals surface area contributed by atoms with Crippen molar-refractivity contribution in [3.05, 3.63) is 0 Å². The molecule has 0 radical (unpaired) electrons. The van der Waals surface area contributed by atoms with Gasteiger partial charge in [-0.05, 0) is 31.1 Å². The first-order valence-corrected chi connectivity index (χ1v) is 6.56. The van der Waals surface area contributed by atoms with Crippen LogP contribution in [0.3, 0.4) is 0 Å². The highest BCUT2D eigenvalue weighted by atomic mass is 16.3. The van der Waals surface area contributed by atoms with E-state index >= 15 is 0 Å². The first-order chi connectivity index (χ1) is 7.20. The topological polar surface area (TPSA) is 23.5 Å². The Morgan fingerprint density at radius 1 is 1.07 bits per heavy atom. The van der Waals surface area contributed by atoms with Crippen LogP contribution in [0.2, 0.25) is 0 Å². The van der Waals surface area contributed by atoms with Crippen molar-refractivity contribution < 1.29 is 5.11 Å². The Morgan fingerprint density at radius 2 is 1.60 bits per heavy atom. The van der Waals surface area contributed by atoms with E-state index in [0.29, 0.717) is 12.0 Å². The van der Waals surface area contributed by atoms with Crippen LogP contribution in [0.25, 0.3) is 0 Å². The molecule has 2 nitrogen and oxygen atoms in total. The second-order valence-corrected chi connectivity index (χ2v) is 5.74. The van der Waals surface area contributed by atoms with Crippen LogP contribution < -0.4 is 0 Å². The number of hydrogen-bond donors (Lipinski definition) is 1. The summed E-state index contributed by atoms with van der Waals surface area (Å²) in [6.07, 6.45) is 7.80. The lowest BCUT2D eigenvalue weighted by molar-refractivity contribution is -0.0672. The Labute approximate surface area is 93.7 Å². The zero-order valence-corrected chi connectivity index (χ0v) is 10.3. The van der Waals surface area contributed by atoms with Gasteiger partial charge in [-0.2, -0.15) is 0 Å². The standard InChI is InChI=1S/C13H25NO/c1-3-5-12(6-4-2)9-14(10-12)13(11-15)7-8-13/h15H,3-11H2,1-2H3. The van der Waals surface area contributed by atoms with Crippen molar-refractivity contribution >= 4 is 0 Å². The molecule has 0 spiro atoms. The van der Waals surface area contributed by atoms with Crippen LogP contribution >= 0.6 is 0 Å². The summed E-state index contributed by atoms with van der Waals surface area (Å²) in [4.78, 5) is 2.54. The van der Waals surface area contributed by atoms with E-state index in [1.807, 2.05) is 0 Å². The highest BCUT2D eigenvalue weighted by Gasteiger charge is 2.55. The zero-order chi connectivity index (χ0) is 10.9. The molecule has 1 saturated carbocycles. The SMILES string of the molecule is CCCC1(CCC)CN(C2(CO)CC2)C1. The number of likely N-dealkylation sites (tertiary alicyclic amines) is 1. The Balaban J connectivity index is 1.87. The lowest BCUT2D eigenvalue weighted by Crippen LogP contribution is -2.61. The molecule has 0 atom stereocenters. The third-order valence-electron chi connectivity index (χ3n) is 4.41. The van der Waals surface area contributed by atoms with Crippen LogP contribution in [-0.4, -0.2) is 35.2 Å².